The Morgan fingerprint density at radius 3 is 2.46 bits per heavy atom. The summed E-state index contributed by atoms with van der Waals surface area (Å²) in [5, 5.41) is 0. The lowest BCUT2D eigenvalue weighted by Gasteiger charge is -2.32. The van der Waals surface area contributed by atoms with Crippen molar-refractivity contribution in [3.05, 3.63) is 45.6 Å². The highest BCUT2D eigenvalue weighted by atomic mass is 16.5. The van der Waals surface area contributed by atoms with E-state index in [2.05, 4.69) is 14.9 Å². The lowest BCUT2D eigenvalue weighted by molar-refractivity contribution is 0.195. The predicted molar refractivity (Wildman–Crippen MR) is 108 cm³/mol. The minimum atomic E-state index is -0.0661. The van der Waals surface area contributed by atoms with Crippen LogP contribution in [0, 0.1) is 0 Å². The summed E-state index contributed by atoms with van der Waals surface area (Å²) in [4.78, 5) is 21.9. The van der Waals surface area contributed by atoms with Crippen molar-refractivity contribution in [3.63, 3.8) is 0 Å². The van der Waals surface area contributed by atoms with Crippen LogP contribution >= 0.6 is 0 Å². The molecule has 1 N–H and O–H groups in total. The third-order valence-corrected chi connectivity index (χ3v) is 5.20. The van der Waals surface area contributed by atoms with Crippen LogP contribution in [0.2, 0.25) is 0 Å². The van der Waals surface area contributed by atoms with Gasteiger partial charge < -0.3 is 19.2 Å². The molecule has 0 unspecified atom stereocenters. The van der Waals surface area contributed by atoms with E-state index in [1.807, 2.05) is 19.1 Å². The van der Waals surface area contributed by atoms with Gasteiger partial charge in [0.15, 0.2) is 11.5 Å². The van der Waals surface area contributed by atoms with Gasteiger partial charge in [-0.3, -0.25) is 9.69 Å². The smallest absolute Gasteiger partial charge is 0.251 e. The number of nitrogens with one attached hydrogen (secondary N) is 1. The molecule has 3 rings (SSSR count). The third-order valence-electron chi connectivity index (χ3n) is 5.20. The van der Waals surface area contributed by atoms with Crippen LogP contribution in [-0.4, -0.2) is 49.3 Å². The molecule has 1 aliphatic heterocycles. The Hall–Kier alpha value is -2.54. The van der Waals surface area contributed by atoms with E-state index in [1.54, 1.807) is 27.4 Å². The maximum atomic E-state index is 11.9. The number of likely N-dealkylation sites (tertiary alicyclic amines) is 1. The molecular formula is C21H29N3O4. The summed E-state index contributed by atoms with van der Waals surface area (Å²) in [6, 6.07) is 5.56. The van der Waals surface area contributed by atoms with Crippen molar-refractivity contribution in [3.8, 4) is 17.2 Å². The maximum absolute atomic E-state index is 11.9. The van der Waals surface area contributed by atoms with Gasteiger partial charge in [0.05, 0.1) is 21.3 Å². The van der Waals surface area contributed by atoms with Crippen LogP contribution in [-0.2, 0) is 13.0 Å². The molecule has 0 spiro atoms. The van der Waals surface area contributed by atoms with Gasteiger partial charge >= 0.3 is 0 Å². The van der Waals surface area contributed by atoms with Gasteiger partial charge in [-0.1, -0.05) is 6.92 Å². The fourth-order valence-corrected chi connectivity index (χ4v) is 3.81. The van der Waals surface area contributed by atoms with Crippen LogP contribution < -0.4 is 19.8 Å². The second kappa shape index (κ2) is 9.10. The fraction of sp³-hybridized carbons (Fsp3) is 0.524. The molecule has 0 saturated carbocycles. The van der Waals surface area contributed by atoms with Gasteiger partial charge in [0.2, 0.25) is 5.75 Å². The first-order valence-electron chi connectivity index (χ1n) is 9.69. The number of aromatic amines is 1. The number of aryl methyl sites for hydroxylation is 1. The summed E-state index contributed by atoms with van der Waals surface area (Å²) in [6.07, 6.45) is 2.86. The second-order valence-electron chi connectivity index (χ2n) is 7.08. The van der Waals surface area contributed by atoms with Crippen molar-refractivity contribution < 1.29 is 14.2 Å². The van der Waals surface area contributed by atoms with E-state index in [-0.39, 0.29) is 11.5 Å². The summed E-state index contributed by atoms with van der Waals surface area (Å²) in [5.41, 5.74) is 1.88. The van der Waals surface area contributed by atoms with E-state index in [4.69, 9.17) is 14.2 Å². The molecule has 152 valence electrons. The van der Waals surface area contributed by atoms with Gasteiger partial charge in [0.25, 0.3) is 5.56 Å². The Kier molecular flexibility index (Phi) is 6.57. The highest BCUT2D eigenvalue weighted by Crippen LogP contribution is 2.38. The quantitative estimate of drug-likeness (QED) is 0.787. The number of methoxy groups -OCH3 is 3. The first-order chi connectivity index (χ1) is 13.6. The molecule has 0 bridgehead atoms. The SMILES string of the molecule is CCc1cc(=O)[nH]c([C@@H]2CCCN(Cc3cc(OC)c(OC)c(OC)c3)C2)n1. The standard InChI is InChI=1S/C21H29N3O4/c1-5-16-11-19(25)23-21(22-16)15-7-6-8-24(13-15)12-14-9-17(26-2)20(28-4)18(10-14)27-3/h9-11,15H,5-8,12-13H2,1-4H3,(H,22,23,25)/t15-/m1/s1. The van der Waals surface area contributed by atoms with Crippen molar-refractivity contribution in [2.24, 2.45) is 0 Å². The number of hydrogen-bond acceptors (Lipinski definition) is 6. The number of benzene rings is 1. The van der Waals surface area contributed by atoms with Gasteiger partial charge in [-0.25, -0.2) is 4.98 Å². The highest BCUT2D eigenvalue weighted by Gasteiger charge is 2.24. The number of hydrogen-bond donors (Lipinski definition) is 1. The molecule has 28 heavy (non-hydrogen) atoms. The molecule has 1 aromatic heterocycles. The van der Waals surface area contributed by atoms with Crippen LogP contribution in [0.5, 0.6) is 17.2 Å². The van der Waals surface area contributed by atoms with Gasteiger partial charge in [-0.2, -0.15) is 0 Å². The molecule has 1 atom stereocenters. The van der Waals surface area contributed by atoms with Crippen LogP contribution in [0.3, 0.4) is 0 Å². The summed E-state index contributed by atoms with van der Waals surface area (Å²) in [5.74, 6) is 2.96. The summed E-state index contributed by atoms with van der Waals surface area (Å²) >= 11 is 0. The molecule has 1 fully saturated rings. The van der Waals surface area contributed by atoms with Crippen molar-refractivity contribution in [2.75, 3.05) is 34.4 Å². The Bertz CT molecular complexity index is 840. The lowest BCUT2D eigenvalue weighted by Crippen LogP contribution is -2.35. The first kappa shape index (κ1) is 20.2. The van der Waals surface area contributed by atoms with E-state index < -0.39 is 0 Å². The normalized spacial score (nSPS) is 17.4. The van der Waals surface area contributed by atoms with E-state index in [0.29, 0.717) is 17.2 Å². The van der Waals surface area contributed by atoms with Crippen molar-refractivity contribution in [1.82, 2.24) is 14.9 Å². The molecule has 0 amide bonds. The first-order valence-corrected chi connectivity index (χ1v) is 9.69. The Labute approximate surface area is 165 Å². The van der Waals surface area contributed by atoms with Gasteiger partial charge in [-0.15, -0.1) is 0 Å². The molecule has 1 saturated heterocycles. The molecule has 0 aliphatic carbocycles. The summed E-state index contributed by atoms with van der Waals surface area (Å²) < 4.78 is 16.3. The molecule has 1 aliphatic rings. The zero-order chi connectivity index (χ0) is 20.1. The van der Waals surface area contributed by atoms with E-state index in [9.17, 15) is 4.79 Å². The Balaban J connectivity index is 1.78. The largest absolute Gasteiger partial charge is 0.493 e. The van der Waals surface area contributed by atoms with E-state index >= 15 is 0 Å². The van der Waals surface area contributed by atoms with Crippen LogP contribution in [0.15, 0.2) is 23.0 Å². The van der Waals surface area contributed by atoms with Crippen LogP contribution in [0.1, 0.15) is 42.8 Å². The van der Waals surface area contributed by atoms with Gasteiger partial charge in [-0.05, 0) is 43.5 Å². The third kappa shape index (κ3) is 4.47. The maximum Gasteiger partial charge on any atom is 0.251 e. The molecule has 2 aromatic rings. The zero-order valence-corrected chi connectivity index (χ0v) is 17.1. The van der Waals surface area contributed by atoms with Crippen molar-refractivity contribution >= 4 is 0 Å². The number of H-pyrrole nitrogens is 1. The molecule has 0 radical (unpaired) electrons. The minimum Gasteiger partial charge on any atom is -0.493 e. The average molecular weight is 387 g/mol. The Morgan fingerprint density at radius 2 is 1.86 bits per heavy atom. The van der Waals surface area contributed by atoms with E-state index in [1.165, 1.54) is 0 Å². The number of rotatable bonds is 7. The minimum absolute atomic E-state index is 0.0661. The lowest BCUT2D eigenvalue weighted by atomic mass is 9.96. The predicted octanol–water partition coefficient (Wildman–Crippen LogP) is 2.74. The highest BCUT2D eigenvalue weighted by molar-refractivity contribution is 5.53. The topological polar surface area (TPSA) is 76.7 Å². The van der Waals surface area contributed by atoms with Gasteiger partial charge in [0, 0.05) is 30.8 Å². The molecule has 7 nitrogen and oxygen atoms in total. The molecule has 7 heteroatoms. The monoisotopic (exact) mass is 387 g/mol. The van der Waals surface area contributed by atoms with Crippen LogP contribution in [0.4, 0.5) is 0 Å². The fourth-order valence-electron chi connectivity index (χ4n) is 3.81. The van der Waals surface area contributed by atoms with Gasteiger partial charge in [0.1, 0.15) is 5.82 Å². The number of nitrogens with zero attached hydrogens (tertiary/aromatic N) is 2. The number of piperidine rings is 1. The molecule has 1 aromatic carbocycles. The van der Waals surface area contributed by atoms with E-state index in [0.717, 1.165) is 56.0 Å². The zero-order valence-electron chi connectivity index (χ0n) is 17.1. The summed E-state index contributed by atoms with van der Waals surface area (Å²) in [7, 11) is 4.86. The second-order valence-corrected chi connectivity index (χ2v) is 7.08. The van der Waals surface area contributed by atoms with Crippen molar-refractivity contribution in [2.45, 2.75) is 38.6 Å². The number of ether oxygens (including phenoxy) is 3. The average Bonchev–Trinajstić information content (AvgIpc) is 2.72. The molecule has 2 heterocycles. The Morgan fingerprint density at radius 1 is 1.14 bits per heavy atom. The van der Waals surface area contributed by atoms with Crippen LogP contribution in [0.25, 0.3) is 0 Å². The number of aromatic nitrogens is 2. The molecular weight excluding hydrogens is 358 g/mol. The summed E-state index contributed by atoms with van der Waals surface area (Å²) in [6.45, 7) is 4.64. The van der Waals surface area contributed by atoms with Crippen molar-refractivity contribution in [1.29, 1.82) is 0 Å².